The summed E-state index contributed by atoms with van der Waals surface area (Å²) in [5, 5.41) is 5.70. The minimum Gasteiger partial charge on any atom is -0.493 e. The van der Waals surface area contributed by atoms with Gasteiger partial charge in [-0.1, -0.05) is 36.4 Å². The van der Waals surface area contributed by atoms with Crippen molar-refractivity contribution >= 4 is 10.8 Å². The number of unbranched alkanes of at least 4 members (excludes halogenated alkanes) is 1. The summed E-state index contributed by atoms with van der Waals surface area (Å²) in [6, 6.07) is 13.0. The highest BCUT2D eigenvalue weighted by atomic mass is 16.5. The molecule has 0 amide bonds. The number of methoxy groups -OCH3 is 1. The van der Waals surface area contributed by atoms with Crippen molar-refractivity contribution in [3.63, 3.8) is 0 Å². The highest BCUT2D eigenvalue weighted by Gasteiger charge is 2.13. The third-order valence-corrected chi connectivity index (χ3v) is 3.80. The van der Waals surface area contributed by atoms with Crippen LogP contribution in [-0.4, -0.2) is 27.4 Å². The Hall–Kier alpha value is -1.58. The standard InChI is InChI=1S/C18H25NO2/c1-14(19-2)16-11-10-15-8-4-5-9-17(15)18(16)21-13-7-6-12-20-3/h4-5,8-11,14,19H,6-7,12-13H2,1-3H3. The van der Waals surface area contributed by atoms with E-state index in [1.165, 1.54) is 16.3 Å². The maximum atomic E-state index is 6.12. The zero-order valence-corrected chi connectivity index (χ0v) is 13.2. The van der Waals surface area contributed by atoms with Crippen molar-refractivity contribution in [3.8, 4) is 5.75 Å². The summed E-state index contributed by atoms with van der Waals surface area (Å²) in [6.45, 7) is 3.67. The molecule has 0 spiro atoms. The smallest absolute Gasteiger partial charge is 0.131 e. The van der Waals surface area contributed by atoms with Crippen LogP contribution in [-0.2, 0) is 4.74 Å². The first-order chi connectivity index (χ1) is 10.3. The van der Waals surface area contributed by atoms with Crippen LogP contribution in [0.1, 0.15) is 31.4 Å². The van der Waals surface area contributed by atoms with Gasteiger partial charge < -0.3 is 14.8 Å². The summed E-state index contributed by atoms with van der Waals surface area (Å²) in [5.41, 5.74) is 1.21. The molecule has 3 nitrogen and oxygen atoms in total. The molecule has 2 rings (SSSR count). The lowest BCUT2D eigenvalue weighted by atomic mass is 10.0. The van der Waals surface area contributed by atoms with Crippen LogP contribution in [0.3, 0.4) is 0 Å². The average molecular weight is 287 g/mol. The van der Waals surface area contributed by atoms with Crippen molar-refractivity contribution in [1.29, 1.82) is 0 Å². The number of fused-ring (bicyclic) bond motifs is 1. The van der Waals surface area contributed by atoms with Crippen LogP contribution in [0.5, 0.6) is 5.75 Å². The number of rotatable bonds is 8. The molecule has 0 saturated heterocycles. The number of hydrogen-bond donors (Lipinski definition) is 1. The van der Waals surface area contributed by atoms with Gasteiger partial charge in [0.05, 0.1) is 6.61 Å². The van der Waals surface area contributed by atoms with Crippen LogP contribution >= 0.6 is 0 Å². The van der Waals surface area contributed by atoms with Crippen molar-refractivity contribution in [2.45, 2.75) is 25.8 Å². The maximum absolute atomic E-state index is 6.12. The molecule has 0 aliphatic rings. The normalized spacial score (nSPS) is 12.5. The van der Waals surface area contributed by atoms with Gasteiger partial charge in [0, 0.05) is 30.7 Å². The van der Waals surface area contributed by atoms with Crippen molar-refractivity contribution in [1.82, 2.24) is 5.32 Å². The molecule has 0 aromatic heterocycles. The summed E-state index contributed by atoms with van der Waals surface area (Å²) in [4.78, 5) is 0. The summed E-state index contributed by atoms with van der Waals surface area (Å²) in [7, 11) is 3.71. The molecule has 21 heavy (non-hydrogen) atoms. The van der Waals surface area contributed by atoms with Crippen LogP contribution in [0.2, 0.25) is 0 Å². The van der Waals surface area contributed by atoms with Crippen molar-refractivity contribution in [2.75, 3.05) is 27.4 Å². The Labute approximate surface area is 127 Å². The van der Waals surface area contributed by atoms with E-state index in [0.29, 0.717) is 0 Å². The zero-order chi connectivity index (χ0) is 15.1. The van der Waals surface area contributed by atoms with Crippen molar-refractivity contribution in [3.05, 3.63) is 42.0 Å². The highest BCUT2D eigenvalue weighted by molar-refractivity contribution is 5.89. The molecule has 0 radical (unpaired) electrons. The number of ether oxygens (including phenoxy) is 2. The number of benzene rings is 2. The van der Waals surface area contributed by atoms with Gasteiger partial charge in [0.25, 0.3) is 0 Å². The fourth-order valence-corrected chi connectivity index (χ4v) is 2.44. The molecule has 0 fully saturated rings. The molecule has 1 atom stereocenters. The Morgan fingerprint density at radius 1 is 1.05 bits per heavy atom. The fourth-order valence-electron chi connectivity index (χ4n) is 2.44. The van der Waals surface area contributed by atoms with Gasteiger partial charge in [0.1, 0.15) is 5.75 Å². The van der Waals surface area contributed by atoms with E-state index < -0.39 is 0 Å². The van der Waals surface area contributed by atoms with Crippen LogP contribution < -0.4 is 10.1 Å². The quantitative estimate of drug-likeness (QED) is 0.746. The molecular weight excluding hydrogens is 262 g/mol. The van der Waals surface area contributed by atoms with E-state index >= 15 is 0 Å². The van der Waals surface area contributed by atoms with E-state index in [0.717, 1.165) is 31.8 Å². The monoisotopic (exact) mass is 287 g/mol. The highest BCUT2D eigenvalue weighted by Crippen LogP contribution is 2.33. The Kier molecular flexibility index (Phi) is 6.03. The molecule has 0 heterocycles. The second-order valence-electron chi connectivity index (χ2n) is 5.26. The minimum atomic E-state index is 0.267. The van der Waals surface area contributed by atoms with Gasteiger partial charge in [-0.25, -0.2) is 0 Å². The van der Waals surface area contributed by atoms with Crippen molar-refractivity contribution < 1.29 is 9.47 Å². The fraction of sp³-hybridized carbons (Fsp3) is 0.444. The molecule has 0 aliphatic carbocycles. The molecule has 2 aromatic rings. The van der Waals surface area contributed by atoms with E-state index in [-0.39, 0.29) is 6.04 Å². The first-order valence-corrected chi connectivity index (χ1v) is 7.58. The summed E-state index contributed by atoms with van der Waals surface area (Å²) >= 11 is 0. The first kappa shape index (κ1) is 15.8. The second kappa shape index (κ2) is 8.01. The Morgan fingerprint density at radius 2 is 1.81 bits per heavy atom. The lowest BCUT2D eigenvalue weighted by molar-refractivity contribution is 0.184. The third kappa shape index (κ3) is 3.96. The van der Waals surface area contributed by atoms with E-state index in [4.69, 9.17) is 9.47 Å². The summed E-state index contributed by atoms with van der Waals surface area (Å²) < 4.78 is 11.2. The molecular formula is C18H25NO2. The second-order valence-corrected chi connectivity index (χ2v) is 5.26. The van der Waals surface area contributed by atoms with E-state index in [1.54, 1.807) is 7.11 Å². The zero-order valence-electron chi connectivity index (χ0n) is 13.2. The van der Waals surface area contributed by atoms with E-state index in [1.807, 2.05) is 7.05 Å². The van der Waals surface area contributed by atoms with Crippen molar-refractivity contribution in [2.24, 2.45) is 0 Å². The molecule has 1 unspecified atom stereocenters. The van der Waals surface area contributed by atoms with Crippen LogP contribution in [0.4, 0.5) is 0 Å². The van der Waals surface area contributed by atoms with E-state index in [2.05, 4.69) is 48.6 Å². The van der Waals surface area contributed by atoms with Gasteiger partial charge >= 0.3 is 0 Å². The van der Waals surface area contributed by atoms with Gasteiger partial charge in [-0.2, -0.15) is 0 Å². The Morgan fingerprint density at radius 3 is 2.57 bits per heavy atom. The van der Waals surface area contributed by atoms with Crippen LogP contribution in [0.25, 0.3) is 10.8 Å². The molecule has 1 N–H and O–H groups in total. The average Bonchev–Trinajstić information content (AvgIpc) is 2.53. The maximum Gasteiger partial charge on any atom is 0.131 e. The minimum absolute atomic E-state index is 0.267. The summed E-state index contributed by atoms with van der Waals surface area (Å²) in [5.74, 6) is 1.01. The van der Waals surface area contributed by atoms with E-state index in [9.17, 15) is 0 Å². The summed E-state index contributed by atoms with van der Waals surface area (Å²) in [6.07, 6.45) is 2.03. The largest absolute Gasteiger partial charge is 0.493 e. The van der Waals surface area contributed by atoms with Gasteiger partial charge in [-0.3, -0.25) is 0 Å². The Balaban J connectivity index is 2.23. The molecule has 0 saturated carbocycles. The SMILES string of the molecule is CNC(C)c1ccc2ccccc2c1OCCCCOC. The predicted molar refractivity (Wildman–Crippen MR) is 88.0 cm³/mol. The topological polar surface area (TPSA) is 30.5 Å². The van der Waals surface area contributed by atoms with Gasteiger partial charge in [-0.15, -0.1) is 0 Å². The van der Waals surface area contributed by atoms with Crippen LogP contribution in [0.15, 0.2) is 36.4 Å². The third-order valence-electron chi connectivity index (χ3n) is 3.80. The lowest BCUT2D eigenvalue weighted by Gasteiger charge is -2.18. The van der Waals surface area contributed by atoms with Gasteiger partial charge in [-0.05, 0) is 32.2 Å². The van der Waals surface area contributed by atoms with Crippen LogP contribution in [0, 0.1) is 0 Å². The molecule has 0 bridgehead atoms. The molecule has 114 valence electrons. The number of nitrogens with one attached hydrogen (secondary N) is 1. The molecule has 0 aliphatic heterocycles. The molecule has 2 aromatic carbocycles. The van der Waals surface area contributed by atoms with Gasteiger partial charge in [0.15, 0.2) is 0 Å². The first-order valence-electron chi connectivity index (χ1n) is 7.58. The molecule has 3 heteroatoms. The number of hydrogen-bond acceptors (Lipinski definition) is 3. The van der Waals surface area contributed by atoms with Gasteiger partial charge in [0.2, 0.25) is 0 Å². The Bertz CT molecular complexity index is 568. The predicted octanol–water partition coefficient (Wildman–Crippen LogP) is 3.93. The lowest BCUT2D eigenvalue weighted by Crippen LogP contribution is -2.14.